The number of benzene rings is 1. The lowest BCUT2D eigenvalue weighted by Crippen LogP contribution is -2.47. The van der Waals surface area contributed by atoms with Crippen molar-refractivity contribution in [3.05, 3.63) is 42.1 Å². The van der Waals surface area contributed by atoms with Crippen molar-refractivity contribution in [3.63, 3.8) is 0 Å². The normalized spacial score (nSPS) is 14.9. The fourth-order valence-corrected chi connectivity index (χ4v) is 3.76. The van der Waals surface area contributed by atoms with Gasteiger partial charge in [0.15, 0.2) is 5.82 Å². The van der Waals surface area contributed by atoms with Gasteiger partial charge in [-0.25, -0.2) is 9.98 Å². The number of nitrogens with one attached hydrogen (secondary N) is 1. The predicted molar refractivity (Wildman–Crippen MR) is 119 cm³/mol. The standard InChI is InChI=1S/C21H26N6OS/c1-28-12-11-26-7-9-27(10-8-26)18-5-6-23-21(14-18)25-16-24-19-4-3-17(15-22)13-20(19)29-2/h3-6,13-14,16H,7-12H2,1-2H3,(H,23,24,25). The van der Waals surface area contributed by atoms with Crippen LogP contribution in [0.3, 0.4) is 0 Å². The summed E-state index contributed by atoms with van der Waals surface area (Å²) in [5, 5.41) is 12.2. The highest BCUT2D eigenvalue weighted by atomic mass is 32.2. The molecule has 1 aliphatic heterocycles. The minimum Gasteiger partial charge on any atom is -0.383 e. The van der Waals surface area contributed by atoms with Gasteiger partial charge in [0.25, 0.3) is 0 Å². The molecule has 2 heterocycles. The number of aliphatic imine (C=N–C) groups is 1. The van der Waals surface area contributed by atoms with Gasteiger partial charge >= 0.3 is 0 Å². The Morgan fingerprint density at radius 1 is 1.28 bits per heavy atom. The zero-order chi connectivity index (χ0) is 20.5. The summed E-state index contributed by atoms with van der Waals surface area (Å²) < 4.78 is 5.17. The molecule has 1 aromatic carbocycles. The van der Waals surface area contributed by atoms with E-state index in [1.807, 2.05) is 30.5 Å². The molecule has 7 nitrogen and oxygen atoms in total. The predicted octanol–water partition coefficient (Wildman–Crippen LogP) is 3.22. The minimum absolute atomic E-state index is 0.647. The van der Waals surface area contributed by atoms with Crippen LogP contribution in [0.2, 0.25) is 0 Å². The third-order valence-electron chi connectivity index (χ3n) is 4.83. The molecule has 2 aromatic rings. The number of hydrogen-bond acceptors (Lipinski definition) is 7. The van der Waals surface area contributed by atoms with Crippen molar-refractivity contribution in [1.82, 2.24) is 9.88 Å². The molecular formula is C21H26N6OS. The molecule has 1 N–H and O–H groups in total. The first-order chi connectivity index (χ1) is 14.2. The summed E-state index contributed by atoms with van der Waals surface area (Å²) in [6, 6.07) is 11.8. The van der Waals surface area contributed by atoms with E-state index in [1.54, 1.807) is 37.5 Å². The van der Waals surface area contributed by atoms with Crippen molar-refractivity contribution in [2.24, 2.45) is 4.99 Å². The van der Waals surface area contributed by atoms with E-state index in [-0.39, 0.29) is 0 Å². The van der Waals surface area contributed by atoms with Crippen LogP contribution in [0.15, 0.2) is 46.4 Å². The number of piperazine rings is 1. The number of thioether (sulfide) groups is 1. The molecule has 1 fully saturated rings. The van der Waals surface area contributed by atoms with E-state index in [1.165, 1.54) is 0 Å². The van der Waals surface area contributed by atoms with Gasteiger partial charge in [-0.3, -0.25) is 4.90 Å². The maximum atomic E-state index is 9.03. The number of ether oxygens (including phenoxy) is 1. The van der Waals surface area contributed by atoms with Crippen LogP contribution in [0.1, 0.15) is 5.56 Å². The van der Waals surface area contributed by atoms with Crippen LogP contribution < -0.4 is 10.2 Å². The Kier molecular flexibility index (Phi) is 7.87. The Morgan fingerprint density at radius 3 is 2.83 bits per heavy atom. The van der Waals surface area contributed by atoms with Gasteiger partial charge in [0, 0.05) is 62.7 Å². The molecule has 0 radical (unpaired) electrons. The van der Waals surface area contributed by atoms with Crippen molar-refractivity contribution in [2.45, 2.75) is 4.90 Å². The van der Waals surface area contributed by atoms with E-state index in [2.05, 4.69) is 31.2 Å². The van der Waals surface area contributed by atoms with Gasteiger partial charge in [-0.1, -0.05) is 0 Å². The average molecular weight is 411 g/mol. The van der Waals surface area contributed by atoms with Gasteiger partial charge in [0.05, 0.1) is 30.3 Å². The molecule has 29 heavy (non-hydrogen) atoms. The van der Waals surface area contributed by atoms with Gasteiger partial charge in [-0.15, -0.1) is 11.8 Å². The number of nitrogens with zero attached hydrogens (tertiary/aromatic N) is 5. The van der Waals surface area contributed by atoms with Crippen LogP contribution in [0.4, 0.5) is 17.2 Å². The first-order valence-corrected chi connectivity index (χ1v) is 10.8. The number of anilines is 2. The summed E-state index contributed by atoms with van der Waals surface area (Å²) in [5.41, 5.74) is 2.71. The maximum Gasteiger partial charge on any atom is 0.155 e. The number of methoxy groups -OCH3 is 1. The highest BCUT2D eigenvalue weighted by Gasteiger charge is 2.17. The van der Waals surface area contributed by atoms with Crippen LogP contribution in [0, 0.1) is 11.3 Å². The Bertz CT molecular complexity index is 874. The summed E-state index contributed by atoms with van der Waals surface area (Å²) in [6.07, 6.45) is 5.43. The van der Waals surface area contributed by atoms with Gasteiger partial charge in [-0.05, 0) is 30.5 Å². The van der Waals surface area contributed by atoms with Crippen LogP contribution in [-0.2, 0) is 4.74 Å². The monoisotopic (exact) mass is 410 g/mol. The quantitative estimate of drug-likeness (QED) is 0.407. The van der Waals surface area contributed by atoms with Gasteiger partial charge in [0.2, 0.25) is 0 Å². The lowest BCUT2D eigenvalue weighted by molar-refractivity contribution is 0.144. The van der Waals surface area contributed by atoms with E-state index in [0.29, 0.717) is 11.4 Å². The van der Waals surface area contributed by atoms with E-state index < -0.39 is 0 Å². The molecule has 8 heteroatoms. The minimum atomic E-state index is 0.647. The summed E-state index contributed by atoms with van der Waals surface area (Å²) in [4.78, 5) is 14.6. The molecule has 0 unspecified atom stereocenters. The van der Waals surface area contributed by atoms with E-state index in [9.17, 15) is 0 Å². The second kappa shape index (κ2) is 10.8. The third kappa shape index (κ3) is 5.94. The molecule has 0 spiro atoms. The maximum absolute atomic E-state index is 9.03. The highest BCUT2D eigenvalue weighted by molar-refractivity contribution is 7.98. The highest BCUT2D eigenvalue weighted by Crippen LogP contribution is 2.26. The second-order valence-electron chi connectivity index (χ2n) is 6.62. The fraction of sp³-hybridized carbons (Fsp3) is 0.381. The van der Waals surface area contributed by atoms with Crippen LogP contribution in [0.5, 0.6) is 0 Å². The third-order valence-corrected chi connectivity index (χ3v) is 5.60. The Labute approximate surface area is 176 Å². The van der Waals surface area contributed by atoms with Gasteiger partial charge in [0.1, 0.15) is 0 Å². The largest absolute Gasteiger partial charge is 0.383 e. The van der Waals surface area contributed by atoms with Gasteiger partial charge < -0.3 is 15.0 Å². The van der Waals surface area contributed by atoms with Crippen LogP contribution in [0.25, 0.3) is 0 Å². The molecule has 0 saturated carbocycles. The number of pyridine rings is 1. The fourth-order valence-electron chi connectivity index (χ4n) is 3.17. The van der Waals surface area contributed by atoms with Gasteiger partial charge in [-0.2, -0.15) is 5.26 Å². The molecule has 1 aliphatic rings. The first-order valence-electron chi connectivity index (χ1n) is 9.53. The summed E-state index contributed by atoms with van der Waals surface area (Å²) in [7, 11) is 1.74. The lowest BCUT2D eigenvalue weighted by atomic mass is 10.2. The van der Waals surface area contributed by atoms with E-state index in [4.69, 9.17) is 10.00 Å². The topological polar surface area (TPSA) is 76.8 Å². The molecule has 1 aromatic heterocycles. The van der Waals surface area contributed by atoms with Crippen molar-refractivity contribution < 1.29 is 4.74 Å². The molecule has 3 rings (SSSR count). The molecule has 0 amide bonds. The second-order valence-corrected chi connectivity index (χ2v) is 7.47. The average Bonchev–Trinajstić information content (AvgIpc) is 2.78. The van der Waals surface area contributed by atoms with Crippen molar-refractivity contribution in [1.29, 1.82) is 5.26 Å². The Hall–Kier alpha value is -2.60. The summed E-state index contributed by atoms with van der Waals surface area (Å²) in [6.45, 7) is 5.78. The smallest absolute Gasteiger partial charge is 0.155 e. The number of aromatic nitrogens is 1. The lowest BCUT2D eigenvalue weighted by Gasteiger charge is -2.35. The molecule has 0 aliphatic carbocycles. The zero-order valence-corrected chi connectivity index (χ0v) is 17.7. The number of nitriles is 1. The molecule has 1 saturated heterocycles. The number of rotatable bonds is 8. The zero-order valence-electron chi connectivity index (χ0n) is 16.8. The van der Waals surface area contributed by atoms with E-state index >= 15 is 0 Å². The van der Waals surface area contributed by atoms with Crippen molar-refractivity contribution in [3.8, 4) is 6.07 Å². The first kappa shape index (κ1) is 21.1. The molecule has 152 valence electrons. The summed E-state index contributed by atoms with van der Waals surface area (Å²) >= 11 is 1.59. The SMILES string of the molecule is COCCN1CCN(c2ccnc(N=CNc3ccc(C#N)cc3SC)c2)CC1. The molecule has 0 bridgehead atoms. The Balaban J connectivity index is 1.60. The molecule has 0 atom stereocenters. The summed E-state index contributed by atoms with van der Waals surface area (Å²) in [5.74, 6) is 0.663. The Morgan fingerprint density at radius 2 is 2.10 bits per heavy atom. The van der Waals surface area contributed by atoms with Crippen molar-refractivity contribution in [2.75, 3.05) is 62.9 Å². The van der Waals surface area contributed by atoms with Crippen LogP contribution in [-0.4, -0.2) is 68.9 Å². The van der Waals surface area contributed by atoms with E-state index in [0.717, 1.165) is 55.6 Å². The number of hydrogen-bond donors (Lipinski definition) is 1. The van der Waals surface area contributed by atoms with Crippen LogP contribution >= 0.6 is 11.8 Å². The molecular weight excluding hydrogens is 384 g/mol. The van der Waals surface area contributed by atoms with Crippen molar-refractivity contribution >= 4 is 35.3 Å².